The van der Waals surface area contributed by atoms with Crippen molar-refractivity contribution in [2.75, 3.05) is 30.3 Å². The number of nitrogens with zero attached hydrogens (tertiary/aromatic N) is 4. The molecule has 0 atom stereocenters. The van der Waals surface area contributed by atoms with E-state index >= 15 is 0 Å². The van der Waals surface area contributed by atoms with Crippen LogP contribution in [0.15, 0.2) is 30.3 Å². The molecule has 3 N–H and O–H groups in total. The molecule has 38 heavy (non-hydrogen) atoms. The molecule has 0 fully saturated rings. The molecule has 1 aliphatic rings. The highest BCUT2D eigenvalue weighted by molar-refractivity contribution is 6.42. The van der Waals surface area contributed by atoms with Crippen LogP contribution < -0.4 is 15.4 Å². The lowest BCUT2D eigenvalue weighted by Crippen LogP contribution is -2.22. The number of aryl methyl sites for hydroxylation is 1. The van der Waals surface area contributed by atoms with Crippen LogP contribution in [0.2, 0.25) is 10.0 Å². The van der Waals surface area contributed by atoms with Gasteiger partial charge in [0, 0.05) is 23.4 Å². The molecule has 0 saturated carbocycles. The van der Waals surface area contributed by atoms with E-state index in [1.807, 2.05) is 19.1 Å². The van der Waals surface area contributed by atoms with E-state index < -0.39 is 0 Å². The number of ether oxygens (including phenoxy) is 1. The van der Waals surface area contributed by atoms with Crippen molar-refractivity contribution in [3.63, 3.8) is 0 Å². The zero-order valence-electron chi connectivity index (χ0n) is 22.0. The van der Waals surface area contributed by atoms with Crippen molar-refractivity contribution in [1.29, 1.82) is 0 Å². The zero-order chi connectivity index (χ0) is 26.6. The summed E-state index contributed by atoms with van der Waals surface area (Å²) in [5.41, 5.74) is 5.86. The minimum Gasteiger partial charge on any atom is -0.494 e. The molecule has 2 heterocycles. The SMILES string of the molecule is CCOc1ccc(Nc2nc(Nc3nc4cc(Cl)c(Cl)cc4[nH]3)nc3c2CCCC3)cc1CN(CC)CC. The van der Waals surface area contributed by atoms with Gasteiger partial charge in [-0.2, -0.15) is 4.98 Å². The fourth-order valence-electron chi connectivity index (χ4n) is 4.83. The lowest BCUT2D eigenvalue weighted by molar-refractivity contribution is 0.282. The minimum absolute atomic E-state index is 0.462. The normalized spacial score (nSPS) is 13.1. The van der Waals surface area contributed by atoms with Crippen LogP contribution in [0.3, 0.4) is 0 Å². The Balaban J connectivity index is 1.46. The van der Waals surface area contributed by atoms with Crippen molar-refractivity contribution < 1.29 is 4.74 Å². The Hall–Kier alpha value is -3.07. The largest absolute Gasteiger partial charge is 0.494 e. The Labute approximate surface area is 233 Å². The molecule has 200 valence electrons. The Bertz CT molecular complexity index is 1400. The molecule has 0 amide bonds. The molecule has 0 bridgehead atoms. The van der Waals surface area contributed by atoms with Crippen LogP contribution in [0.4, 0.5) is 23.4 Å². The fourth-order valence-corrected chi connectivity index (χ4v) is 5.15. The highest BCUT2D eigenvalue weighted by Crippen LogP contribution is 2.32. The van der Waals surface area contributed by atoms with Crippen LogP contribution in [0.25, 0.3) is 11.0 Å². The number of hydrogen-bond acceptors (Lipinski definition) is 7. The third kappa shape index (κ3) is 5.82. The Morgan fingerprint density at radius 2 is 1.74 bits per heavy atom. The van der Waals surface area contributed by atoms with Crippen molar-refractivity contribution in [2.45, 2.75) is 53.0 Å². The first kappa shape index (κ1) is 26.5. The molecule has 4 aromatic rings. The molecule has 0 radical (unpaired) electrons. The standard InChI is InChI=1S/C28H33Cl2N7O/c1-4-37(5-2)16-17-13-18(11-12-25(17)38-6-3)31-26-19-9-7-8-10-22(19)32-28(35-26)36-27-33-23-14-20(29)21(30)15-24(23)34-27/h11-15H,4-10,16H2,1-3H3,(H3,31,32,33,34,35,36). The first-order chi connectivity index (χ1) is 18.5. The number of H-pyrrole nitrogens is 1. The summed E-state index contributed by atoms with van der Waals surface area (Å²) < 4.78 is 5.93. The topological polar surface area (TPSA) is 91.0 Å². The number of aromatic amines is 1. The third-order valence-corrected chi connectivity index (χ3v) is 7.57. The molecular weight excluding hydrogens is 521 g/mol. The minimum atomic E-state index is 0.462. The van der Waals surface area contributed by atoms with Gasteiger partial charge in [0.25, 0.3) is 0 Å². The van der Waals surface area contributed by atoms with Crippen molar-refractivity contribution in [2.24, 2.45) is 0 Å². The molecule has 0 unspecified atom stereocenters. The summed E-state index contributed by atoms with van der Waals surface area (Å²) in [4.78, 5) is 19.9. The molecule has 2 aromatic heterocycles. The second kappa shape index (κ2) is 11.8. The summed E-state index contributed by atoms with van der Waals surface area (Å²) in [6.07, 6.45) is 4.10. The van der Waals surface area contributed by atoms with Crippen molar-refractivity contribution in [3.05, 3.63) is 57.2 Å². The van der Waals surface area contributed by atoms with E-state index in [9.17, 15) is 0 Å². The van der Waals surface area contributed by atoms with Gasteiger partial charge in [-0.15, -0.1) is 0 Å². The van der Waals surface area contributed by atoms with E-state index in [1.54, 1.807) is 12.1 Å². The molecule has 1 aliphatic carbocycles. The predicted octanol–water partition coefficient (Wildman–Crippen LogP) is 7.27. The molecule has 8 nitrogen and oxygen atoms in total. The van der Waals surface area contributed by atoms with Gasteiger partial charge in [0.2, 0.25) is 11.9 Å². The second-order valence-corrected chi connectivity index (χ2v) is 10.2. The van der Waals surface area contributed by atoms with Gasteiger partial charge in [-0.3, -0.25) is 10.2 Å². The van der Waals surface area contributed by atoms with Gasteiger partial charge >= 0.3 is 0 Å². The summed E-state index contributed by atoms with van der Waals surface area (Å²) in [7, 11) is 0. The summed E-state index contributed by atoms with van der Waals surface area (Å²) in [5, 5.41) is 7.77. The molecule has 0 saturated heterocycles. The summed E-state index contributed by atoms with van der Waals surface area (Å²) in [6, 6.07) is 9.76. The van der Waals surface area contributed by atoms with Gasteiger partial charge in [0.15, 0.2) is 0 Å². The molecule has 0 aliphatic heterocycles. The van der Waals surface area contributed by atoms with E-state index in [1.165, 1.54) is 5.56 Å². The zero-order valence-corrected chi connectivity index (χ0v) is 23.5. The van der Waals surface area contributed by atoms with Gasteiger partial charge in [0.1, 0.15) is 11.6 Å². The maximum absolute atomic E-state index is 6.17. The molecular formula is C28H33Cl2N7O. The molecule has 0 spiro atoms. The summed E-state index contributed by atoms with van der Waals surface area (Å²) in [5.74, 6) is 2.75. The van der Waals surface area contributed by atoms with Crippen molar-refractivity contribution in [3.8, 4) is 5.75 Å². The second-order valence-electron chi connectivity index (χ2n) is 9.36. The average Bonchev–Trinajstić information content (AvgIpc) is 3.29. The van der Waals surface area contributed by atoms with Crippen LogP contribution in [-0.4, -0.2) is 44.5 Å². The smallest absolute Gasteiger partial charge is 0.231 e. The van der Waals surface area contributed by atoms with Gasteiger partial charge in [-0.1, -0.05) is 37.0 Å². The predicted molar refractivity (Wildman–Crippen MR) is 156 cm³/mol. The van der Waals surface area contributed by atoms with Crippen molar-refractivity contribution >= 4 is 57.6 Å². The number of imidazole rings is 1. The number of aromatic nitrogens is 4. The van der Waals surface area contributed by atoms with Crippen LogP contribution in [0.1, 0.15) is 50.4 Å². The van der Waals surface area contributed by atoms with Gasteiger partial charge in [0.05, 0.1) is 33.4 Å². The van der Waals surface area contributed by atoms with E-state index in [0.717, 1.165) is 79.3 Å². The molecule has 10 heteroatoms. The Morgan fingerprint density at radius 1 is 0.947 bits per heavy atom. The van der Waals surface area contributed by atoms with Crippen LogP contribution in [0.5, 0.6) is 5.75 Å². The number of nitrogens with one attached hydrogen (secondary N) is 3. The van der Waals surface area contributed by atoms with E-state index in [-0.39, 0.29) is 0 Å². The third-order valence-electron chi connectivity index (χ3n) is 6.85. The van der Waals surface area contributed by atoms with E-state index in [0.29, 0.717) is 34.1 Å². The van der Waals surface area contributed by atoms with Gasteiger partial charge < -0.3 is 15.0 Å². The number of anilines is 4. The van der Waals surface area contributed by atoms with Gasteiger partial charge in [-0.05, 0) is 76.0 Å². The highest BCUT2D eigenvalue weighted by Gasteiger charge is 2.20. The Kier molecular flexibility index (Phi) is 8.21. The number of hydrogen-bond donors (Lipinski definition) is 3. The highest BCUT2D eigenvalue weighted by atomic mass is 35.5. The van der Waals surface area contributed by atoms with Crippen LogP contribution >= 0.6 is 23.2 Å². The first-order valence-electron chi connectivity index (χ1n) is 13.2. The number of fused-ring (bicyclic) bond motifs is 2. The quantitative estimate of drug-likeness (QED) is 0.190. The molecule has 5 rings (SSSR count). The summed E-state index contributed by atoms with van der Waals surface area (Å²) >= 11 is 12.3. The monoisotopic (exact) mass is 553 g/mol. The lowest BCUT2D eigenvalue weighted by Gasteiger charge is -2.22. The van der Waals surface area contributed by atoms with Crippen molar-refractivity contribution in [1.82, 2.24) is 24.8 Å². The van der Waals surface area contributed by atoms with Crippen LogP contribution in [-0.2, 0) is 19.4 Å². The van der Waals surface area contributed by atoms with Crippen LogP contribution in [0, 0.1) is 0 Å². The van der Waals surface area contributed by atoms with E-state index in [4.69, 9.17) is 37.9 Å². The number of halogens is 2. The lowest BCUT2D eigenvalue weighted by atomic mass is 9.96. The maximum Gasteiger partial charge on any atom is 0.231 e. The average molecular weight is 555 g/mol. The van der Waals surface area contributed by atoms with Gasteiger partial charge in [-0.25, -0.2) is 9.97 Å². The van der Waals surface area contributed by atoms with E-state index in [2.05, 4.69) is 45.4 Å². The fraction of sp³-hybridized carbons (Fsp3) is 0.393. The first-order valence-corrected chi connectivity index (χ1v) is 14.0. The maximum atomic E-state index is 6.17. The Morgan fingerprint density at radius 3 is 2.53 bits per heavy atom. The summed E-state index contributed by atoms with van der Waals surface area (Å²) in [6.45, 7) is 9.79. The number of rotatable bonds is 10. The number of benzene rings is 2. The molecule has 2 aromatic carbocycles.